The molecule has 136 valence electrons. The molecule has 2 aromatic heterocycles. The van der Waals surface area contributed by atoms with Crippen molar-refractivity contribution in [3.8, 4) is 22.5 Å². The van der Waals surface area contributed by atoms with E-state index in [1.807, 2.05) is 65.4 Å². The first-order chi connectivity index (χ1) is 13.0. The van der Waals surface area contributed by atoms with Crippen LogP contribution in [0, 0.1) is 0 Å². The molecule has 0 atom stereocenters. The van der Waals surface area contributed by atoms with Crippen LogP contribution in [0.2, 0.25) is 0 Å². The van der Waals surface area contributed by atoms with E-state index >= 15 is 0 Å². The van der Waals surface area contributed by atoms with Gasteiger partial charge >= 0.3 is 0 Å². The van der Waals surface area contributed by atoms with Crippen LogP contribution < -0.4 is 0 Å². The van der Waals surface area contributed by atoms with Gasteiger partial charge in [-0.25, -0.2) is 13.4 Å². The van der Waals surface area contributed by atoms with Gasteiger partial charge in [-0.05, 0) is 12.1 Å². The number of para-hydroxylation sites is 1. The maximum Gasteiger partial charge on any atom is 0.149 e. The van der Waals surface area contributed by atoms with Crippen LogP contribution in [0.3, 0.4) is 0 Å². The Morgan fingerprint density at radius 3 is 2.44 bits per heavy atom. The molecule has 0 saturated heterocycles. The zero-order valence-corrected chi connectivity index (χ0v) is 15.7. The lowest BCUT2D eigenvalue weighted by atomic mass is 10.0. The number of imidazole rings is 1. The highest BCUT2D eigenvalue weighted by Gasteiger charge is 2.17. The summed E-state index contributed by atoms with van der Waals surface area (Å²) in [5, 5.41) is 1.03. The van der Waals surface area contributed by atoms with E-state index in [-0.39, 0.29) is 5.75 Å². The van der Waals surface area contributed by atoms with Gasteiger partial charge in [-0.2, -0.15) is 0 Å². The van der Waals surface area contributed by atoms with Gasteiger partial charge in [-0.15, -0.1) is 0 Å². The van der Waals surface area contributed by atoms with Gasteiger partial charge in [-0.1, -0.05) is 48.5 Å². The lowest BCUT2D eigenvalue weighted by Crippen LogP contribution is -2.11. The zero-order chi connectivity index (χ0) is 18.9. The Morgan fingerprint density at radius 1 is 0.926 bits per heavy atom. The van der Waals surface area contributed by atoms with Gasteiger partial charge in [0.1, 0.15) is 9.84 Å². The Balaban J connectivity index is 1.87. The number of hydrogen-bond donors (Lipinski definition) is 0. The Labute approximate surface area is 158 Å². The highest BCUT2D eigenvalue weighted by molar-refractivity contribution is 7.90. The molecule has 4 rings (SSSR count). The van der Waals surface area contributed by atoms with Crippen molar-refractivity contribution in [2.24, 2.45) is 0 Å². The standard InChI is InChI=1S/C21H19N3O2S/c1-27(25,26)12-11-24-15-23-20(16-7-3-2-4-8-16)21(24)18-13-17-9-5-6-10-19(17)22-14-18/h2-10,13-15H,11-12H2,1H3. The third kappa shape index (κ3) is 3.75. The lowest BCUT2D eigenvalue weighted by Gasteiger charge is -2.11. The molecule has 0 amide bonds. The summed E-state index contributed by atoms with van der Waals surface area (Å²) in [4.78, 5) is 9.15. The quantitative estimate of drug-likeness (QED) is 0.530. The molecule has 0 aliphatic carbocycles. The summed E-state index contributed by atoms with van der Waals surface area (Å²) >= 11 is 0. The van der Waals surface area contributed by atoms with Gasteiger partial charge in [0.05, 0.1) is 29.0 Å². The van der Waals surface area contributed by atoms with Crippen molar-refractivity contribution in [2.75, 3.05) is 12.0 Å². The number of pyridine rings is 1. The number of aromatic nitrogens is 3. The first kappa shape index (κ1) is 17.4. The average molecular weight is 377 g/mol. The van der Waals surface area contributed by atoms with E-state index in [0.29, 0.717) is 6.54 Å². The highest BCUT2D eigenvalue weighted by Crippen LogP contribution is 2.32. The summed E-state index contributed by atoms with van der Waals surface area (Å²) in [6, 6.07) is 19.9. The number of aryl methyl sites for hydroxylation is 1. The van der Waals surface area contributed by atoms with Gasteiger partial charge in [0.25, 0.3) is 0 Å². The molecule has 2 aromatic carbocycles. The molecule has 0 fully saturated rings. The molecule has 0 radical (unpaired) electrons. The van der Waals surface area contributed by atoms with Crippen molar-refractivity contribution in [1.82, 2.24) is 14.5 Å². The summed E-state index contributed by atoms with van der Waals surface area (Å²) < 4.78 is 25.2. The van der Waals surface area contributed by atoms with E-state index in [1.54, 1.807) is 6.33 Å². The van der Waals surface area contributed by atoms with Gasteiger partial charge in [-0.3, -0.25) is 4.98 Å². The van der Waals surface area contributed by atoms with E-state index in [1.165, 1.54) is 6.26 Å². The fraction of sp³-hybridized carbons (Fsp3) is 0.143. The van der Waals surface area contributed by atoms with Crippen molar-refractivity contribution in [1.29, 1.82) is 0 Å². The number of rotatable bonds is 5. The normalized spacial score (nSPS) is 11.7. The largest absolute Gasteiger partial charge is 0.329 e. The Morgan fingerprint density at radius 2 is 1.67 bits per heavy atom. The van der Waals surface area contributed by atoms with Crippen molar-refractivity contribution >= 4 is 20.7 Å². The molecule has 0 bridgehead atoms. The Bertz CT molecular complexity index is 1200. The second-order valence-electron chi connectivity index (χ2n) is 6.55. The first-order valence-electron chi connectivity index (χ1n) is 8.65. The molecule has 4 aromatic rings. The molecule has 0 saturated carbocycles. The molecule has 0 spiro atoms. The van der Waals surface area contributed by atoms with Crippen LogP contribution in [0.25, 0.3) is 33.4 Å². The predicted octanol–water partition coefficient (Wildman–Crippen LogP) is 3.81. The minimum absolute atomic E-state index is 0.0611. The van der Waals surface area contributed by atoms with Crippen molar-refractivity contribution in [2.45, 2.75) is 6.54 Å². The second kappa shape index (κ2) is 6.96. The van der Waals surface area contributed by atoms with Gasteiger partial charge in [0.2, 0.25) is 0 Å². The van der Waals surface area contributed by atoms with E-state index in [0.717, 1.165) is 33.4 Å². The van der Waals surface area contributed by atoms with Crippen LogP contribution in [-0.2, 0) is 16.4 Å². The summed E-state index contributed by atoms with van der Waals surface area (Å²) in [7, 11) is -3.08. The minimum Gasteiger partial charge on any atom is -0.329 e. The topological polar surface area (TPSA) is 64.8 Å². The van der Waals surface area contributed by atoms with Gasteiger partial charge in [0, 0.05) is 35.5 Å². The maximum absolute atomic E-state index is 11.7. The molecule has 27 heavy (non-hydrogen) atoms. The third-order valence-electron chi connectivity index (χ3n) is 4.45. The molecular weight excluding hydrogens is 358 g/mol. The molecule has 5 nitrogen and oxygen atoms in total. The van der Waals surface area contributed by atoms with Crippen LogP contribution in [0.4, 0.5) is 0 Å². The zero-order valence-electron chi connectivity index (χ0n) is 14.9. The van der Waals surface area contributed by atoms with Gasteiger partial charge < -0.3 is 4.57 Å². The molecule has 0 N–H and O–H groups in total. The second-order valence-corrected chi connectivity index (χ2v) is 8.81. The van der Waals surface area contributed by atoms with E-state index in [2.05, 4.69) is 16.0 Å². The van der Waals surface area contributed by atoms with E-state index in [4.69, 9.17) is 0 Å². The van der Waals surface area contributed by atoms with Crippen LogP contribution in [0.1, 0.15) is 0 Å². The number of hydrogen-bond acceptors (Lipinski definition) is 4. The SMILES string of the molecule is CS(=O)(=O)CCn1cnc(-c2ccccc2)c1-c1cnc2ccccc2c1. The molecule has 0 aliphatic rings. The Hall–Kier alpha value is -2.99. The third-order valence-corrected chi connectivity index (χ3v) is 5.38. The molecular formula is C21H19N3O2S. The van der Waals surface area contributed by atoms with Crippen molar-refractivity contribution in [3.63, 3.8) is 0 Å². The molecule has 6 heteroatoms. The Kier molecular flexibility index (Phi) is 4.49. The summed E-state index contributed by atoms with van der Waals surface area (Å²) in [5.74, 6) is 0.0611. The monoisotopic (exact) mass is 377 g/mol. The lowest BCUT2D eigenvalue weighted by molar-refractivity contribution is 0.595. The maximum atomic E-state index is 11.7. The fourth-order valence-electron chi connectivity index (χ4n) is 3.13. The van der Waals surface area contributed by atoms with Crippen molar-refractivity contribution in [3.05, 3.63) is 73.2 Å². The van der Waals surface area contributed by atoms with E-state index < -0.39 is 9.84 Å². The predicted molar refractivity (Wildman–Crippen MR) is 108 cm³/mol. The number of benzene rings is 2. The van der Waals surface area contributed by atoms with E-state index in [9.17, 15) is 8.42 Å². The summed E-state index contributed by atoms with van der Waals surface area (Å²) in [6.45, 7) is 0.348. The molecule has 0 unspecified atom stereocenters. The number of sulfone groups is 1. The van der Waals surface area contributed by atoms with Crippen LogP contribution in [-0.4, -0.2) is 35.0 Å². The van der Waals surface area contributed by atoms with Crippen LogP contribution in [0.15, 0.2) is 73.2 Å². The smallest absolute Gasteiger partial charge is 0.149 e. The summed E-state index contributed by atoms with van der Waals surface area (Å²) in [5.41, 5.74) is 4.52. The first-order valence-corrected chi connectivity index (χ1v) is 10.7. The molecule has 0 aliphatic heterocycles. The highest BCUT2D eigenvalue weighted by atomic mass is 32.2. The van der Waals surface area contributed by atoms with Crippen LogP contribution in [0.5, 0.6) is 0 Å². The van der Waals surface area contributed by atoms with Gasteiger partial charge in [0.15, 0.2) is 0 Å². The fourth-order valence-corrected chi connectivity index (χ4v) is 3.65. The number of nitrogens with zero attached hydrogens (tertiary/aromatic N) is 3. The summed E-state index contributed by atoms with van der Waals surface area (Å²) in [6.07, 6.45) is 4.78. The molecule has 2 heterocycles. The van der Waals surface area contributed by atoms with Crippen LogP contribution >= 0.6 is 0 Å². The number of fused-ring (bicyclic) bond motifs is 1. The van der Waals surface area contributed by atoms with Crippen molar-refractivity contribution < 1.29 is 8.42 Å². The average Bonchev–Trinajstić information content (AvgIpc) is 3.10. The minimum atomic E-state index is -3.08.